The van der Waals surface area contributed by atoms with Crippen molar-refractivity contribution in [2.24, 2.45) is 0 Å². The largest absolute Gasteiger partial charge is 0.433 e. The van der Waals surface area contributed by atoms with E-state index in [2.05, 4.69) is 18.2 Å². The van der Waals surface area contributed by atoms with Gasteiger partial charge in [0.25, 0.3) is 0 Å². The molecule has 0 rings (SSSR count). The fourth-order valence-corrected chi connectivity index (χ4v) is 0.458. The molecule has 0 aromatic heterocycles. The number of aliphatic hydroxyl groups excluding tert-OH is 1. The van der Waals surface area contributed by atoms with Gasteiger partial charge in [0.15, 0.2) is 0 Å². The Labute approximate surface area is 66.7 Å². The van der Waals surface area contributed by atoms with Crippen LogP contribution < -0.4 is 0 Å². The molecule has 0 aliphatic rings. The van der Waals surface area contributed by atoms with E-state index < -0.39 is 12.3 Å². The summed E-state index contributed by atoms with van der Waals surface area (Å²) in [6.07, 6.45) is -0.152. The molecule has 1 radical (unpaired) electrons. The summed E-state index contributed by atoms with van der Waals surface area (Å²) in [7, 11) is 0. The van der Waals surface area contributed by atoms with Crippen molar-refractivity contribution in [1.29, 1.82) is 0 Å². The summed E-state index contributed by atoms with van der Waals surface area (Å²) in [6.45, 7) is 8.40. The maximum Gasteiger partial charge on any atom is 0.335 e. The van der Waals surface area contributed by atoms with Crippen LogP contribution in [0.5, 0.6) is 0 Å². The van der Waals surface area contributed by atoms with Crippen LogP contribution in [0, 0.1) is 6.92 Å². The molecule has 0 bridgehead atoms. The quantitative estimate of drug-likeness (QED) is 0.377. The Morgan fingerprint density at radius 2 is 2.27 bits per heavy atom. The van der Waals surface area contributed by atoms with Gasteiger partial charge in [0.1, 0.15) is 0 Å². The number of esters is 1. The van der Waals surface area contributed by atoms with Gasteiger partial charge >= 0.3 is 5.97 Å². The van der Waals surface area contributed by atoms with E-state index in [1.807, 2.05) is 0 Å². The smallest absolute Gasteiger partial charge is 0.335 e. The molecule has 0 aromatic rings. The summed E-state index contributed by atoms with van der Waals surface area (Å²) < 4.78 is 4.53. The molecular weight excluding hydrogens is 144 g/mol. The molecule has 3 nitrogen and oxygen atoms in total. The lowest BCUT2D eigenvalue weighted by Crippen LogP contribution is -2.17. The molecule has 63 valence electrons. The average Bonchev–Trinajstić information content (AvgIpc) is 1.87. The minimum absolute atomic E-state index is 0.285. The van der Waals surface area contributed by atoms with Crippen LogP contribution in [0.4, 0.5) is 0 Å². The fourth-order valence-electron chi connectivity index (χ4n) is 0.458. The Balaban J connectivity index is 3.66. The summed E-state index contributed by atoms with van der Waals surface area (Å²) in [5, 5.41) is 8.94. The van der Waals surface area contributed by atoms with E-state index in [4.69, 9.17) is 5.11 Å². The monoisotopic (exact) mass is 157 g/mol. The van der Waals surface area contributed by atoms with Crippen molar-refractivity contribution in [2.45, 2.75) is 26.1 Å². The van der Waals surface area contributed by atoms with Crippen molar-refractivity contribution >= 4 is 5.97 Å². The van der Waals surface area contributed by atoms with Crippen molar-refractivity contribution in [1.82, 2.24) is 0 Å². The van der Waals surface area contributed by atoms with Crippen molar-refractivity contribution in [3.63, 3.8) is 0 Å². The van der Waals surface area contributed by atoms with Gasteiger partial charge in [-0.05, 0) is 13.3 Å². The van der Waals surface area contributed by atoms with Crippen LogP contribution >= 0.6 is 0 Å². The molecule has 1 atom stereocenters. The summed E-state index contributed by atoms with van der Waals surface area (Å²) in [5.74, 6) is -0.564. The number of hydrogen-bond donors (Lipinski definition) is 1. The van der Waals surface area contributed by atoms with E-state index in [9.17, 15) is 4.79 Å². The number of carbonyl (C=O) groups is 1. The molecule has 0 saturated carbocycles. The molecule has 0 fully saturated rings. The number of rotatable bonds is 4. The fraction of sp³-hybridized carbons (Fsp3) is 0.500. The van der Waals surface area contributed by atoms with Crippen molar-refractivity contribution in [3.05, 3.63) is 19.1 Å². The van der Waals surface area contributed by atoms with Crippen molar-refractivity contribution in [3.8, 4) is 0 Å². The zero-order valence-electron chi connectivity index (χ0n) is 6.67. The molecule has 0 saturated heterocycles. The molecule has 3 heteroatoms. The highest BCUT2D eigenvalue weighted by molar-refractivity contribution is 5.86. The maximum atomic E-state index is 10.7. The van der Waals surface area contributed by atoms with Crippen LogP contribution in [-0.4, -0.2) is 17.4 Å². The van der Waals surface area contributed by atoms with Gasteiger partial charge in [-0.2, -0.15) is 0 Å². The molecule has 0 aromatic carbocycles. The lowest BCUT2D eigenvalue weighted by molar-refractivity contribution is -0.163. The second-order valence-corrected chi connectivity index (χ2v) is 2.28. The van der Waals surface area contributed by atoms with Gasteiger partial charge in [0.2, 0.25) is 6.29 Å². The lowest BCUT2D eigenvalue weighted by Gasteiger charge is -2.09. The first-order chi connectivity index (χ1) is 5.07. The molecule has 0 amide bonds. The molecular formula is C8H13O3. The van der Waals surface area contributed by atoms with Gasteiger partial charge in [0, 0.05) is 12.0 Å². The Hall–Kier alpha value is -0.830. The molecule has 0 spiro atoms. The molecule has 11 heavy (non-hydrogen) atoms. The van der Waals surface area contributed by atoms with Gasteiger partial charge in [-0.15, -0.1) is 0 Å². The first-order valence-corrected chi connectivity index (χ1v) is 3.41. The first kappa shape index (κ1) is 10.2. The first-order valence-electron chi connectivity index (χ1n) is 3.41. The number of hydrogen-bond acceptors (Lipinski definition) is 3. The third-order valence-corrected chi connectivity index (χ3v) is 1.04. The minimum atomic E-state index is -1.04. The molecule has 0 aliphatic carbocycles. The van der Waals surface area contributed by atoms with Crippen LogP contribution in [0.1, 0.15) is 19.8 Å². The van der Waals surface area contributed by atoms with E-state index >= 15 is 0 Å². The number of aliphatic hydroxyl groups is 1. The molecule has 1 N–H and O–H groups in total. The predicted molar refractivity (Wildman–Crippen MR) is 41.5 cm³/mol. The molecule has 0 heterocycles. The lowest BCUT2D eigenvalue weighted by atomic mass is 10.3. The van der Waals surface area contributed by atoms with Crippen molar-refractivity contribution < 1.29 is 14.6 Å². The van der Waals surface area contributed by atoms with Crippen LogP contribution in [-0.2, 0) is 9.53 Å². The van der Waals surface area contributed by atoms with Gasteiger partial charge in [-0.25, -0.2) is 4.79 Å². The maximum absolute atomic E-state index is 10.7. The SMILES string of the molecule is [CH2]CCC(O)OC(=O)C(=C)C. The average molecular weight is 157 g/mol. The molecule has 1 unspecified atom stereocenters. The summed E-state index contributed by atoms with van der Waals surface area (Å²) >= 11 is 0. The van der Waals surface area contributed by atoms with Crippen LogP contribution in [0.25, 0.3) is 0 Å². The normalized spacial score (nSPS) is 12.3. The Morgan fingerprint density at radius 3 is 2.64 bits per heavy atom. The van der Waals surface area contributed by atoms with Crippen LogP contribution in [0.3, 0.4) is 0 Å². The Kier molecular flexibility index (Phi) is 4.54. The molecule has 0 aliphatic heterocycles. The van der Waals surface area contributed by atoms with E-state index in [0.29, 0.717) is 12.8 Å². The highest BCUT2D eigenvalue weighted by Gasteiger charge is 2.09. The standard InChI is InChI=1S/C8H13O3/c1-4-5-7(9)11-8(10)6(2)3/h7,9H,1-2,4-5H2,3H3. The summed E-state index contributed by atoms with van der Waals surface area (Å²) in [4.78, 5) is 10.7. The third-order valence-electron chi connectivity index (χ3n) is 1.04. The highest BCUT2D eigenvalue weighted by Crippen LogP contribution is 2.01. The number of carbonyl (C=O) groups excluding carboxylic acids is 1. The van der Waals surface area contributed by atoms with Gasteiger partial charge in [0.05, 0.1) is 0 Å². The topological polar surface area (TPSA) is 46.5 Å². The zero-order chi connectivity index (χ0) is 8.85. The van der Waals surface area contributed by atoms with Crippen LogP contribution in [0.2, 0.25) is 0 Å². The second-order valence-electron chi connectivity index (χ2n) is 2.28. The predicted octanol–water partition coefficient (Wildman–Crippen LogP) is 1.04. The third kappa shape index (κ3) is 4.56. The van der Waals surface area contributed by atoms with E-state index in [1.54, 1.807) is 0 Å². The summed E-state index contributed by atoms with van der Waals surface area (Å²) in [6, 6.07) is 0. The Morgan fingerprint density at radius 1 is 1.73 bits per heavy atom. The van der Waals surface area contributed by atoms with Gasteiger partial charge in [-0.1, -0.05) is 13.5 Å². The highest BCUT2D eigenvalue weighted by atomic mass is 16.6. The second kappa shape index (κ2) is 4.91. The minimum Gasteiger partial charge on any atom is -0.433 e. The number of ether oxygens (including phenoxy) is 1. The van der Waals surface area contributed by atoms with E-state index in [1.165, 1.54) is 6.92 Å². The Bertz CT molecular complexity index is 151. The van der Waals surface area contributed by atoms with E-state index in [0.717, 1.165) is 0 Å². The van der Waals surface area contributed by atoms with Crippen molar-refractivity contribution in [2.75, 3.05) is 0 Å². The van der Waals surface area contributed by atoms with Crippen LogP contribution in [0.15, 0.2) is 12.2 Å². The van der Waals surface area contributed by atoms with E-state index in [-0.39, 0.29) is 5.57 Å². The van der Waals surface area contributed by atoms with Gasteiger partial charge < -0.3 is 9.84 Å². The summed E-state index contributed by atoms with van der Waals surface area (Å²) in [5.41, 5.74) is 0.285. The van der Waals surface area contributed by atoms with Gasteiger partial charge in [-0.3, -0.25) is 0 Å². The zero-order valence-corrected chi connectivity index (χ0v) is 6.67.